The van der Waals surface area contributed by atoms with Crippen molar-refractivity contribution in [3.05, 3.63) is 29.8 Å². The molecule has 0 heterocycles. The Morgan fingerprint density at radius 1 is 0.944 bits per heavy atom. The summed E-state index contributed by atoms with van der Waals surface area (Å²) in [7, 11) is 0. The summed E-state index contributed by atoms with van der Waals surface area (Å²) in [6.45, 7) is 15.5. The largest absolute Gasteiger partial charge is 0.426 e. The van der Waals surface area contributed by atoms with Crippen molar-refractivity contribution in [2.45, 2.75) is 55.4 Å². The molecule has 0 amide bonds. The highest BCUT2D eigenvalue weighted by atomic mass is 16.5. The minimum atomic E-state index is -0.453. The van der Waals surface area contributed by atoms with Crippen LogP contribution < -0.4 is 4.74 Å². The predicted molar refractivity (Wildman–Crippen MR) is 79.0 cm³/mol. The minimum absolute atomic E-state index is 0.207. The lowest BCUT2D eigenvalue weighted by Crippen LogP contribution is -2.25. The van der Waals surface area contributed by atoms with Crippen LogP contribution in [0.5, 0.6) is 5.75 Å². The normalized spacial score (nSPS) is 9.33. The summed E-state index contributed by atoms with van der Waals surface area (Å²) in [6.07, 6.45) is 0. The van der Waals surface area contributed by atoms with Gasteiger partial charge in [0.05, 0.1) is 5.41 Å². The van der Waals surface area contributed by atoms with Gasteiger partial charge < -0.3 is 4.74 Å². The van der Waals surface area contributed by atoms with Gasteiger partial charge >= 0.3 is 5.97 Å². The molecule has 0 fully saturated rings. The third-order valence-corrected chi connectivity index (χ3v) is 1.84. The van der Waals surface area contributed by atoms with Crippen LogP contribution >= 0.6 is 0 Å². The van der Waals surface area contributed by atoms with Gasteiger partial charge in [-0.2, -0.15) is 0 Å². The first-order chi connectivity index (χ1) is 8.39. The van der Waals surface area contributed by atoms with Crippen molar-refractivity contribution in [1.82, 2.24) is 0 Å². The van der Waals surface area contributed by atoms with Crippen molar-refractivity contribution in [2.75, 3.05) is 0 Å². The van der Waals surface area contributed by atoms with Gasteiger partial charge in [0.1, 0.15) is 5.75 Å². The fourth-order valence-electron chi connectivity index (χ4n) is 0.866. The maximum absolute atomic E-state index is 11.5. The van der Waals surface area contributed by atoms with Crippen molar-refractivity contribution in [3.63, 3.8) is 0 Å². The van der Waals surface area contributed by atoms with Crippen LogP contribution in [0, 0.1) is 12.3 Å². The Morgan fingerprint density at radius 2 is 1.33 bits per heavy atom. The van der Waals surface area contributed by atoms with Crippen molar-refractivity contribution in [3.8, 4) is 5.75 Å². The fourth-order valence-corrected chi connectivity index (χ4v) is 0.866. The Balaban J connectivity index is 0. The smallest absolute Gasteiger partial charge is 0.316 e. The number of hydrogen-bond donors (Lipinski definition) is 0. The van der Waals surface area contributed by atoms with E-state index >= 15 is 0 Å². The van der Waals surface area contributed by atoms with E-state index in [1.807, 2.05) is 67.5 Å². The highest BCUT2D eigenvalue weighted by molar-refractivity contribution is 5.77. The maximum Gasteiger partial charge on any atom is 0.316 e. The topological polar surface area (TPSA) is 26.3 Å². The first kappa shape index (κ1) is 19.0. The van der Waals surface area contributed by atoms with E-state index in [-0.39, 0.29) is 5.97 Å². The lowest BCUT2D eigenvalue weighted by atomic mass is 9.97. The molecule has 0 spiro atoms. The van der Waals surface area contributed by atoms with Gasteiger partial charge in [0.25, 0.3) is 0 Å². The lowest BCUT2D eigenvalue weighted by Gasteiger charge is -2.16. The first-order valence-electron chi connectivity index (χ1n) is 6.68. The number of ether oxygens (including phenoxy) is 1. The van der Waals surface area contributed by atoms with Gasteiger partial charge in [0.15, 0.2) is 0 Å². The van der Waals surface area contributed by atoms with E-state index in [1.165, 1.54) is 0 Å². The molecule has 18 heavy (non-hydrogen) atoms. The molecular weight excluding hydrogens is 224 g/mol. The molecule has 0 aliphatic rings. The molecule has 0 aliphatic heterocycles. The number of esters is 1. The zero-order chi connectivity index (χ0) is 14.8. The Kier molecular flexibility index (Phi) is 10.3. The molecular formula is C16H28O2. The molecule has 1 aromatic rings. The number of carbonyl (C=O) groups excluding carboxylic acids is 1. The molecule has 0 atom stereocenters. The van der Waals surface area contributed by atoms with Crippen LogP contribution in [0.4, 0.5) is 0 Å². The quantitative estimate of drug-likeness (QED) is 0.519. The molecule has 1 rings (SSSR count). The summed E-state index contributed by atoms with van der Waals surface area (Å²) in [5.41, 5.74) is 0.700. The third-order valence-electron chi connectivity index (χ3n) is 1.84. The molecule has 104 valence electrons. The van der Waals surface area contributed by atoms with Gasteiger partial charge in [-0.05, 0) is 39.8 Å². The number of carbonyl (C=O) groups is 1. The fraction of sp³-hybridized carbons (Fsp3) is 0.562. The van der Waals surface area contributed by atoms with E-state index in [0.29, 0.717) is 5.75 Å². The van der Waals surface area contributed by atoms with Crippen LogP contribution in [-0.2, 0) is 4.79 Å². The predicted octanol–water partition coefficient (Wildman–Crippen LogP) is 5.00. The van der Waals surface area contributed by atoms with E-state index in [9.17, 15) is 4.79 Å². The van der Waals surface area contributed by atoms with Crippen LogP contribution in [0.1, 0.15) is 54.0 Å². The number of benzene rings is 1. The molecule has 0 radical (unpaired) electrons. The van der Waals surface area contributed by atoms with Crippen molar-refractivity contribution >= 4 is 5.97 Å². The van der Waals surface area contributed by atoms with Crippen LogP contribution in [0.25, 0.3) is 0 Å². The Labute approximate surface area is 112 Å². The summed E-state index contributed by atoms with van der Waals surface area (Å²) in [5.74, 6) is 0.400. The van der Waals surface area contributed by atoms with Crippen LogP contribution in [0.15, 0.2) is 24.3 Å². The Hall–Kier alpha value is -1.31. The number of hydrogen-bond acceptors (Lipinski definition) is 2. The Bertz CT molecular complexity index is 318. The first-order valence-corrected chi connectivity index (χ1v) is 6.68. The van der Waals surface area contributed by atoms with E-state index in [0.717, 1.165) is 5.56 Å². The molecule has 0 bridgehead atoms. The van der Waals surface area contributed by atoms with E-state index in [4.69, 9.17) is 4.74 Å². The third kappa shape index (κ3) is 7.88. The Morgan fingerprint density at radius 3 is 1.67 bits per heavy atom. The summed E-state index contributed by atoms with van der Waals surface area (Å²) >= 11 is 0. The number of rotatable bonds is 1. The highest BCUT2D eigenvalue weighted by Gasteiger charge is 2.23. The molecule has 0 aromatic heterocycles. The summed E-state index contributed by atoms with van der Waals surface area (Å²) in [6, 6.07) is 7.45. The van der Waals surface area contributed by atoms with Crippen LogP contribution in [0.3, 0.4) is 0 Å². The molecule has 2 nitrogen and oxygen atoms in total. The lowest BCUT2D eigenvalue weighted by molar-refractivity contribution is -0.142. The molecule has 2 heteroatoms. The maximum atomic E-state index is 11.5. The average molecular weight is 252 g/mol. The highest BCUT2D eigenvalue weighted by Crippen LogP contribution is 2.19. The molecule has 0 N–H and O–H groups in total. The van der Waals surface area contributed by atoms with Crippen molar-refractivity contribution in [2.24, 2.45) is 5.41 Å². The number of aryl methyl sites for hydroxylation is 1. The molecule has 0 saturated carbocycles. The van der Waals surface area contributed by atoms with Gasteiger partial charge in [-0.25, -0.2) is 0 Å². The van der Waals surface area contributed by atoms with E-state index in [2.05, 4.69) is 0 Å². The summed E-state index contributed by atoms with van der Waals surface area (Å²) < 4.78 is 5.19. The van der Waals surface area contributed by atoms with Crippen LogP contribution in [0.2, 0.25) is 0 Å². The SMILES string of the molecule is CC.CC.Cc1ccc(OC(=O)C(C)(C)C)cc1. The van der Waals surface area contributed by atoms with Gasteiger partial charge in [0, 0.05) is 0 Å². The van der Waals surface area contributed by atoms with Crippen molar-refractivity contribution in [1.29, 1.82) is 0 Å². The summed E-state index contributed by atoms with van der Waals surface area (Å²) in [4.78, 5) is 11.5. The second-order valence-corrected chi connectivity index (χ2v) is 4.45. The molecule has 0 unspecified atom stereocenters. The zero-order valence-electron chi connectivity index (χ0n) is 13.1. The molecule has 1 aromatic carbocycles. The summed E-state index contributed by atoms with van der Waals surface area (Å²) in [5, 5.41) is 0. The molecule has 0 saturated heterocycles. The monoisotopic (exact) mass is 252 g/mol. The zero-order valence-corrected chi connectivity index (χ0v) is 13.1. The van der Waals surface area contributed by atoms with Gasteiger partial charge in [0.2, 0.25) is 0 Å². The second kappa shape index (κ2) is 9.69. The molecule has 0 aliphatic carbocycles. The van der Waals surface area contributed by atoms with Crippen molar-refractivity contribution < 1.29 is 9.53 Å². The standard InChI is InChI=1S/C12H16O2.2C2H6/c1-9-5-7-10(8-6-9)14-11(13)12(2,3)4;2*1-2/h5-8H,1-4H3;2*1-2H3. The average Bonchev–Trinajstić information content (AvgIpc) is 2.36. The van der Waals surface area contributed by atoms with Gasteiger partial charge in [-0.3, -0.25) is 4.79 Å². The minimum Gasteiger partial charge on any atom is -0.426 e. The van der Waals surface area contributed by atoms with Gasteiger partial charge in [-0.1, -0.05) is 45.4 Å². The van der Waals surface area contributed by atoms with E-state index in [1.54, 1.807) is 12.1 Å². The second-order valence-electron chi connectivity index (χ2n) is 4.45. The van der Waals surface area contributed by atoms with E-state index < -0.39 is 5.41 Å². The van der Waals surface area contributed by atoms with Crippen LogP contribution in [-0.4, -0.2) is 5.97 Å². The van der Waals surface area contributed by atoms with Gasteiger partial charge in [-0.15, -0.1) is 0 Å².